The first-order chi connectivity index (χ1) is 9.61. The van der Waals surface area contributed by atoms with Gasteiger partial charge in [0, 0.05) is 11.3 Å². The summed E-state index contributed by atoms with van der Waals surface area (Å²) in [6.07, 6.45) is 1.26. The zero-order chi connectivity index (χ0) is 14.5. The van der Waals surface area contributed by atoms with Crippen LogP contribution in [0.15, 0.2) is 41.4 Å². The van der Waals surface area contributed by atoms with Gasteiger partial charge in [-0.1, -0.05) is 5.16 Å². The van der Waals surface area contributed by atoms with E-state index in [0.717, 1.165) is 0 Å². The van der Waals surface area contributed by atoms with Crippen LogP contribution in [0.25, 0.3) is 0 Å². The molecule has 0 aromatic heterocycles. The number of aliphatic carboxylic acids is 1. The molecule has 1 heterocycles. The Morgan fingerprint density at radius 3 is 2.60 bits per heavy atom. The van der Waals surface area contributed by atoms with Gasteiger partial charge in [0.2, 0.25) is 6.79 Å². The summed E-state index contributed by atoms with van der Waals surface area (Å²) < 4.78 is 9.89. The fourth-order valence-electron chi connectivity index (χ4n) is 1.62. The highest BCUT2D eigenvalue weighted by molar-refractivity contribution is 5.97. The first kappa shape index (κ1) is 13.5. The zero-order valence-corrected chi connectivity index (χ0v) is 10.3. The highest BCUT2D eigenvalue weighted by Gasteiger charge is 2.26. The Kier molecular flexibility index (Phi) is 3.94. The van der Waals surface area contributed by atoms with Gasteiger partial charge in [-0.3, -0.25) is 0 Å². The SMILES string of the molecule is NC(=NO)c1ccc(NC(C(=O)O)C2=COCO2)cc1. The van der Waals surface area contributed by atoms with Crippen molar-refractivity contribution in [3.8, 4) is 0 Å². The number of nitrogens with one attached hydrogen (secondary N) is 1. The molecule has 8 heteroatoms. The van der Waals surface area contributed by atoms with Gasteiger partial charge in [-0.2, -0.15) is 0 Å². The number of carboxylic acids is 1. The third kappa shape index (κ3) is 2.91. The van der Waals surface area contributed by atoms with Crippen molar-refractivity contribution in [1.82, 2.24) is 0 Å². The van der Waals surface area contributed by atoms with Crippen molar-refractivity contribution in [3.05, 3.63) is 41.9 Å². The van der Waals surface area contributed by atoms with E-state index in [1.165, 1.54) is 6.26 Å². The van der Waals surface area contributed by atoms with Crippen LogP contribution in [0.5, 0.6) is 0 Å². The highest BCUT2D eigenvalue weighted by atomic mass is 16.7. The maximum atomic E-state index is 11.2. The molecule has 1 unspecified atom stereocenters. The van der Waals surface area contributed by atoms with E-state index in [0.29, 0.717) is 11.3 Å². The number of rotatable bonds is 5. The standard InChI is InChI=1S/C12H13N3O5/c13-11(15-18)7-1-3-8(4-2-7)14-10(12(16)17)9-5-19-6-20-9/h1-5,10,14,18H,6H2,(H2,13,15)(H,16,17). The number of ether oxygens (including phenoxy) is 2. The number of carbonyl (C=O) groups is 1. The molecule has 0 bridgehead atoms. The van der Waals surface area contributed by atoms with Crippen LogP contribution < -0.4 is 11.1 Å². The van der Waals surface area contributed by atoms with Gasteiger partial charge in [-0.25, -0.2) is 4.79 Å². The van der Waals surface area contributed by atoms with E-state index in [-0.39, 0.29) is 18.4 Å². The first-order valence-corrected chi connectivity index (χ1v) is 5.63. The van der Waals surface area contributed by atoms with Gasteiger partial charge in [0.15, 0.2) is 17.6 Å². The minimum absolute atomic E-state index is 0.00320. The predicted octanol–water partition coefficient (Wildman–Crippen LogP) is 0.492. The molecule has 2 rings (SSSR count). The Bertz CT molecular complexity index is 553. The van der Waals surface area contributed by atoms with E-state index < -0.39 is 12.0 Å². The molecule has 106 valence electrons. The maximum absolute atomic E-state index is 11.2. The molecule has 8 nitrogen and oxygen atoms in total. The molecule has 5 N–H and O–H groups in total. The molecule has 1 aromatic carbocycles. The molecule has 0 saturated carbocycles. The van der Waals surface area contributed by atoms with Gasteiger partial charge >= 0.3 is 5.97 Å². The largest absolute Gasteiger partial charge is 0.479 e. The second kappa shape index (κ2) is 5.83. The smallest absolute Gasteiger partial charge is 0.334 e. The van der Waals surface area contributed by atoms with Crippen molar-refractivity contribution in [2.45, 2.75) is 6.04 Å². The van der Waals surface area contributed by atoms with Gasteiger partial charge in [0.05, 0.1) is 0 Å². The van der Waals surface area contributed by atoms with Gasteiger partial charge in [0.1, 0.15) is 6.26 Å². The molecule has 0 saturated heterocycles. The van der Waals surface area contributed by atoms with E-state index in [1.807, 2.05) is 0 Å². The number of nitrogens with zero attached hydrogens (tertiary/aromatic N) is 1. The minimum Gasteiger partial charge on any atom is -0.479 e. The van der Waals surface area contributed by atoms with E-state index in [1.54, 1.807) is 24.3 Å². The van der Waals surface area contributed by atoms with E-state index in [9.17, 15) is 4.79 Å². The summed E-state index contributed by atoms with van der Waals surface area (Å²) >= 11 is 0. The molecule has 20 heavy (non-hydrogen) atoms. The van der Waals surface area contributed by atoms with Crippen LogP contribution in [0, 0.1) is 0 Å². The number of hydrogen-bond acceptors (Lipinski definition) is 6. The third-order valence-corrected chi connectivity index (χ3v) is 2.62. The molecule has 0 aliphatic carbocycles. The topological polar surface area (TPSA) is 126 Å². The normalized spacial score (nSPS) is 15.8. The van der Waals surface area contributed by atoms with E-state index >= 15 is 0 Å². The Balaban J connectivity index is 2.13. The third-order valence-electron chi connectivity index (χ3n) is 2.62. The predicted molar refractivity (Wildman–Crippen MR) is 69.1 cm³/mol. The lowest BCUT2D eigenvalue weighted by Gasteiger charge is -2.15. The summed E-state index contributed by atoms with van der Waals surface area (Å²) in [6, 6.07) is 5.36. The van der Waals surface area contributed by atoms with Crippen LogP contribution in [0.1, 0.15) is 5.56 Å². The van der Waals surface area contributed by atoms with Crippen LogP contribution in [-0.2, 0) is 14.3 Å². The number of benzene rings is 1. The quantitative estimate of drug-likeness (QED) is 0.267. The lowest BCUT2D eigenvalue weighted by atomic mass is 10.1. The average molecular weight is 279 g/mol. The Labute approximate surface area is 114 Å². The van der Waals surface area contributed by atoms with Crippen LogP contribution in [0.3, 0.4) is 0 Å². The Morgan fingerprint density at radius 2 is 2.10 bits per heavy atom. The Morgan fingerprint density at radius 1 is 1.40 bits per heavy atom. The summed E-state index contributed by atoms with van der Waals surface area (Å²) in [5, 5.41) is 23.4. The number of nitrogens with two attached hydrogens (primary N) is 1. The molecule has 0 amide bonds. The molecule has 1 aliphatic rings. The summed E-state index contributed by atoms with van der Waals surface area (Å²) in [5.41, 5.74) is 6.50. The fraction of sp³-hybridized carbons (Fsp3) is 0.167. The first-order valence-electron chi connectivity index (χ1n) is 5.63. The van der Waals surface area contributed by atoms with Crippen molar-refractivity contribution in [1.29, 1.82) is 0 Å². The molecule has 0 radical (unpaired) electrons. The van der Waals surface area contributed by atoms with E-state index in [4.69, 9.17) is 25.5 Å². The average Bonchev–Trinajstić information content (AvgIpc) is 2.98. The van der Waals surface area contributed by atoms with Crippen LogP contribution in [-0.4, -0.2) is 35.0 Å². The van der Waals surface area contributed by atoms with Crippen LogP contribution in [0.4, 0.5) is 5.69 Å². The summed E-state index contributed by atoms with van der Waals surface area (Å²) in [5.74, 6) is -0.929. The molecule has 0 fully saturated rings. The zero-order valence-electron chi connectivity index (χ0n) is 10.3. The van der Waals surface area contributed by atoms with Crippen molar-refractivity contribution in [2.24, 2.45) is 10.9 Å². The second-order valence-electron chi connectivity index (χ2n) is 3.93. The summed E-state index contributed by atoms with van der Waals surface area (Å²) in [7, 11) is 0. The number of anilines is 1. The van der Waals surface area contributed by atoms with Gasteiger partial charge < -0.3 is 30.8 Å². The monoisotopic (exact) mass is 279 g/mol. The van der Waals surface area contributed by atoms with Crippen molar-refractivity contribution < 1.29 is 24.6 Å². The second-order valence-corrected chi connectivity index (χ2v) is 3.93. The number of amidine groups is 1. The van der Waals surface area contributed by atoms with E-state index in [2.05, 4.69) is 10.5 Å². The molecular formula is C12H13N3O5. The lowest BCUT2D eigenvalue weighted by molar-refractivity contribution is -0.137. The summed E-state index contributed by atoms with van der Waals surface area (Å²) in [4.78, 5) is 11.2. The fourth-order valence-corrected chi connectivity index (χ4v) is 1.62. The molecular weight excluding hydrogens is 266 g/mol. The van der Waals surface area contributed by atoms with Gasteiger partial charge in [-0.05, 0) is 24.3 Å². The minimum atomic E-state index is -1.10. The van der Waals surface area contributed by atoms with Gasteiger partial charge in [0.25, 0.3) is 0 Å². The van der Waals surface area contributed by atoms with Gasteiger partial charge in [-0.15, -0.1) is 0 Å². The lowest BCUT2D eigenvalue weighted by Crippen LogP contribution is -2.31. The maximum Gasteiger partial charge on any atom is 0.334 e. The molecule has 1 atom stereocenters. The van der Waals surface area contributed by atoms with Crippen LogP contribution in [0.2, 0.25) is 0 Å². The molecule has 0 spiro atoms. The van der Waals surface area contributed by atoms with Crippen molar-refractivity contribution in [3.63, 3.8) is 0 Å². The number of hydrogen-bond donors (Lipinski definition) is 4. The summed E-state index contributed by atoms with van der Waals surface area (Å²) in [6.45, 7) is 0.00320. The highest BCUT2D eigenvalue weighted by Crippen LogP contribution is 2.18. The van der Waals surface area contributed by atoms with Crippen molar-refractivity contribution in [2.75, 3.05) is 12.1 Å². The van der Waals surface area contributed by atoms with Crippen LogP contribution >= 0.6 is 0 Å². The molecule has 1 aromatic rings. The Hall–Kier alpha value is -2.90. The molecule has 1 aliphatic heterocycles. The number of oxime groups is 1. The van der Waals surface area contributed by atoms with Crippen molar-refractivity contribution >= 4 is 17.5 Å². The number of carboxylic acid groups (broad SMARTS) is 1.